The summed E-state index contributed by atoms with van der Waals surface area (Å²) in [7, 11) is 0. The molecule has 3 nitrogen and oxygen atoms in total. The molecule has 108 valence electrons. The molecule has 0 atom stereocenters. The van der Waals surface area contributed by atoms with Crippen molar-refractivity contribution in [2.24, 2.45) is 5.41 Å². The van der Waals surface area contributed by atoms with Gasteiger partial charge in [-0.05, 0) is 52.7 Å². The Labute approximate surface area is 127 Å². The van der Waals surface area contributed by atoms with Crippen LogP contribution in [0.2, 0.25) is 0 Å². The van der Waals surface area contributed by atoms with Crippen LogP contribution in [0.5, 0.6) is 0 Å². The van der Waals surface area contributed by atoms with Crippen LogP contribution in [0.3, 0.4) is 0 Å². The first-order valence-corrected chi connectivity index (χ1v) is 8.16. The number of halogens is 1. The lowest BCUT2D eigenvalue weighted by atomic mass is 9.90. The summed E-state index contributed by atoms with van der Waals surface area (Å²) < 4.78 is 1.14. The fourth-order valence-corrected chi connectivity index (χ4v) is 3.25. The van der Waals surface area contributed by atoms with E-state index in [9.17, 15) is 4.79 Å². The van der Waals surface area contributed by atoms with Crippen molar-refractivity contribution < 1.29 is 9.90 Å². The number of rotatable bonds is 8. The summed E-state index contributed by atoms with van der Waals surface area (Å²) in [4.78, 5) is 13.0. The number of hydrogen-bond donors (Lipinski definition) is 2. The topological polar surface area (TPSA) is 49.3 Å². The summed E-state index contributed by atoms with van der Waals surface area (Å²) in [5.41, 5.74) is -0.0387. The second kappa shape index (κ2) is 8.02. The Bertz CT molecular complexity index is 404. The van der Waals surface area contributed by atoms with E-state index in [1.165, 1.54) is 4.88 Å². The van der Waals surface area contributed by atoms with E-state index >= 15 is 0 Å². The summed E-state index contributed by atoms with van der Waals surface area (Å²) in [6.07, 6.45) is 3.09. The molecule has 0 spiro atoms. The van der Waals surface area contributed by atoms with Crippen LogP contribution in [0.25, 0.3) is 0 Å². The number of aryl methyl sites for hydroxylation is 1. The molecule has 1 aromatic rings. The molecule has 1 aromatic heterocycles. The van der Waals surface area contributed by atoms with Gasteiger partial charge >= 0.3 is 0 Å². The third-order valence-electron chi connectivity index (χ3n) is 3.01. The third-order valence-corrected chi connectivity index (χ3v) is 4.69. The Balaban J connectivity index is 2.18. The van der Waals surface area contributed by atoms with Crippen LogP contribution < -0.4 is 5.32 Å². The monoisotopic (exact) mass is 347 g/mol. The highest BCUT2D eigenvalue weighted by Gasteiger charge is 2.17. The predicted octanol–water partition coefficient (Wildman–Crippen LogP) is 3.36. The lowest BCUT2D eigenvalue weighted by Crippen LogP contribution is -2.34. The minimum atomic E-state index is -0.0387. The van der Waals surface area contributed by atoms with Gasteiger partial charge in [0.15, 0.2) is 0 Å². The minimum Gasteiger partial charge on any atom is -0.396 e. The van der Waals surface area contributed by atoms with Gasteiger partial charge in [-0.15, -0.1) is 11.3 Å². The molecule has 0 unspecified atom stereocenters. The average Bonchev–Trinajstić information content (AvgIpc) is 2.73. The van der Waals surface area contributed by atoms with Gasteiger partial charge in [-0.25, -0.2) is 0 Å². The summed E-state index contributed by atoms with van der Waals surface area (Å²) in [6, 6.07) is 4.13. The standard InChI is InChI=1S/C14H22BrNO2S/c1-14(2,8-9-17)10-16-13(18)5-3-4-11-6-7-12(15)19-11/h6-7,17H,3-5,8-10H2,1-2H3,(H,16,18). The lowest BCUT2D eigenvalue weighted by Gasteiger charge is -2.23. The van der Waals surface area contributed by atoms with Crippen molar-refractivity contribution >= 4 is 33.2 Å². The Morgan fingerprint density at radius 2 is 2.21 bits per heavy atom. The van der Waals surface area contributed by atoms with E-state index < -0.39 is 0 Å². The molecule has 1 rings (SSSR count). The zero-order chi connectivity index (χ0) is 14.3. The summed E-state index contributed by atoms with van der Waals surface area (Å²) in [5, 5.41) is 11.9. The van der Waals surface area contributed by atoms with Crippen LogP contribution in [-0.4, -0.2) is 24.2 Å². The summed E-state index contributed by atoms with van der Waals surface area (Å²) in [5.74, 6) is 0.0987. The van der Waals surface area contributed by atoms with E-state index in [0.29, 0.717) is 19.4 Å². The number of nitrogens with one attached hydrogen (secondary N) is 1. The number of aliphatic hydroxyl groups is 1. The maximum Gasteiger partial charge on any atom is 0.220 e. The van der Waals surface area contributed by atoms with Crippen molar-refractivity contribution in [2.75, 3.05) is 13.2 Å². The molecule has 0 aromatic carbocycles. The van der Waals surface area contributed by atoms with Crippen molar-refractivity contribution in [3.63, 3.8) is 0 Å². The number of aliphatic hydroxyl groups excluding tert-OH is 1. The van der Waals surface area contributed by atoms with Gasteiger partial charge < -0.3 is 10.4 Å². The largest absolute Gasteiger partial charge is 0.396 e. The molecule has 1 amide bonds. The van der Waals surface area contributed by atoms with E-state index in [4.69, 9.17) is 5.11 Å². The smallest absolute Gasteiger partial charge is 0.220 e. The van der Waals surface area contributed by atoms with Gasteiger partial charge in [0.2, 0.25) is 5.91 Å². The first kappa shape index (κ1) is 16.7. The molecule has 0 saturated carbocycles. The van der Waals surface area contributed by atoms with Crippen LogP contribution in [0, 0.1) is 5.41 Å². The minimum absolute atomic E-state index is 0.0387. The zero-order valence-corrected chi connectivity index (χ0v) is 13.9. The van der Waals surface area contributed by atoms with Crippen molar-refractivity contribution in [2.45, 2.75) is 39.5 Å². The highest BCUT2D eigenvalue weighted by Crippen LogP contribution is 2.23. The van der Waals surface area contributed by atoms with Gasteiger partial charge in [0, 0.05) is 24.4 Å². The van der Waals surface area contributed by atoms with Gasteiger partial charge in [0.1, 0.15) is 0 Å². The SMILES string of the molecule is CC(C)(CCO)CNC(=O)CCCc1ccc(Br)s1. The van der Waals surface area contributed by atoms with E-state index in [2.05, 4.69) is 27.3 Å². The van der Waals surface area contributed by atoms with E-state index in [1.807, 2.05) is 19.9 Å². The fraction of sp³-hybridized carbons (Fsp3) is 0.643. The van der Waals surface area contributed by atoms with Crippen molar-refractivity contribution in [1.82, 2.24) is 5.32 Å². The first-order chi connectivity index (χ1) is 8.93. The lowest BCUT2D eigenvalue weighted by molar-refractivity contribution is -0.121. The molecule has 19 heavy (non-hydrogen) atoms. The Morgan fingerprint density at radius 1 is 1.47 bits per heavy atom. The Hall–Kier alpha value is -0.390. The van der Waals surface area contributed by atoms with E-state index in [0.717, 1.165) is 16.6 Å². The molecule has 0 aliphatic heterocycles. The molecule has 0 bridgehead atoms. The zero-order valence-electron chi connectivity index (χ0n) is 11.5. The van der Waals surface area contributed by atoms with Crippen molar-refractivity contribution in [1.29, 1.82) is 0 Å². The van der Waals surface area contributed by atoms with Crippen molar-refractivity contribution in [3.05, 3.63) is 20.8 Å². The number of thiophene rings is 1. The molecule has 0 radical (unpaired) electrons. The molecule has 0 aliphatic rings. The molecule has 0 aliphatic carbocycles. The predicted molar refractivity (Wildman–Crippen MR) is 83.5 cm³/mol. The van der Waals surface area contributed by atoms with Gasteiger partial charge in [0.05, 0.1) is 3.79 Å². The van der Waals surface area contributed by atoms with Crippen LogP contribution in [0.15, 0.2) is 15.9 Å². The molecular weight excluding hydrogens is 326 g/mol. The van der Waals surface area contributed by atoms with Crippen LogP contribution in [0.1, 0.15) is 38.0 Å². The quantitative estimate of drug-likeness (QED) is 0.757. The second-order valence-corrected chi connectivity index (χ2v) is 8.02. The molecule has 0 saturated heterocycles. The molecule has 1 heterocycles. The molecule has 5 heteroatoms. The molecule has 2 N–H and O–H groups in total. The van der Waals surface area contributed by atoms with E-state index in [1.54, 1.807) is 11.3 Å². The van der Waals surface area contributed by atoms with Gasteiger partial charge in [-0.3, -0.25) is 4.79 Å². The maximum absolute atomic E-state index is 11.7. The van der Waals surface area contributed by atoms with Crippen LogP contribution in [0.4, 0.5) is 0 Å². The van der Waals surface area contributed by atoms with E-state index in [-0.39, 0.29) is 17.9 Å². The average molecular weight is 348 g/mol. The second-order valence-electron chi connectivity index (χ2n) is 5.47. The summed E-state index contributed by atoms with van der Waals surface area (Å²) >= 11 is 5.15. The highest BCUT2D eigenvalue weighted by atomic mass is 79.9. The number of hydrogen-bond acceptors (Lipinski definition) is 3. The van der Waals surface area contributed by atoms with Crippen LogP contribution in [-0.2, 0) is 11.2 Å². The molecule has 0 fully saturated rings. The third kappa shape index (κ3) is 7.09. The van der Waals surface area contributed by atoms with Gasteiger partial charge in [0.25, 0.3) is 0 Å². The summed E-state index contributed by atoms with van der Waals surface area (Å²) in [6.45, 7) is 4.88. The van der Waals surface area contributed by atoms with Gasteiger partial charge in [-0.1, -0.05) is 13.8 Å². The Kier molecular flexibility index (Phi) is 7.04. The Morgan fingerprint density at radius 3 is 2.79 bits per heavy atom. The first-order valence-electron chi connectivity index (χ1n) is 6.55. The maximum atomic E-state index is 11.7. The number of carbonyl (C=O) groups is 1. The number of amides is 1. The molecular formula is C14H22BrNO2S. The number of carbonyl (C=O) groups excluding carboxylic acids is 1. The highest BCUT2D eigenvalue weighted by molar-refractivity contribution is 9.11. The van der Waals surface area contributed by atoms with Crippen LogP contribution >= 0.6 is 27.3 Å². The van der Waals surface area contributed by atoms with Crippen molar-refractivity contribution in [3.8, 4) is 0 Å². The van der Waals surface area contributed by atoms with Gasteiger partial charge in [-0.2, -0.15) is 0 Å². The fourth-order valence-electron chi connectivity index (χ4n) is 1.73. The normalized spacial score (nSPS) is 11.6.